The number of aromatic hydroxyl groups is 1. The van der Waals surface area contributed by atoms with Crippen LogP contribution in [0.25, 0.3) is 0 Å². The van der Waals surface area contributed by atoms with Gasteiger partial charge in [-0.25, -0.2) is 0 Å². The Morgan fingerprint density at radius 1 is 1.14 bits per heavy atom. The summed E-state index contributed by atoms with van der Waals surface area (Å²) >= 11 is 0. The molecule has 0 aliphatic rings. The van der Waals surface area contributed by atoms with E-state index >= 15 is 0 Å². The van der Waals surface area contributed by atoms with Gasteiger partial charge in [0.15, 0.2) is 0 Å². The molecule has 0 aliphatic carbocycles. The summed E-state index contributed by atoms with van der Waals surface area (Å²) in [6, 6.07) is 13.9. The largest absolute Gasteiger partial charge is 0.508 e. The number of nitrogens with one attached hydrogen (secondary N) is 1. The van der Waals surface area contributed by atoms with Gasteiger partial charge in [0, 0.05) is 11.3 Å². The molecule has 0 radical (unpaired) electrons. The molecule has 0 saturated carbocycles. The molecule has 2 aromatic rings. The van der Waals surface area contributed by atoms with Crippen LogP contribution >= 0.6 is 0 Å². The molecule has 0 atom stereocenters. The highest BCUT2D eigenvalue weighted by Crippen LogP contribution is 2.17. The predicted molar refractivity (Wildman–Crippen MR) is 79.4 cm³/mol. The van der Waals surface area contributed by atoms with E-state index in [1.807, 2.05) is 0 Å². The Balaban J connectivity index is 1.78. The Kier molecular flexibility index (Phi) is 5.17. The summed E-state index contributed by atoms with van der Waals surface area (Å²) in [4.78, 5) is 11.7. The minimum absolute atomic E-state index is 0.0830. The molecule has 0 bridgehead atoms. The lowest BCUT2D eigenvalue weighted by atomic mass is 10.2. The second-order valence-electron chi connectivity index (χ2n) is 4.40. The molecule has 0 aliphatic heterocycles. The Bertz CT molecular complexity index is 595. The van der Waals surface area contributed by atoms with Crippen molar-refractivity contribution in [1.29, 1.82) is 0 Å². The number of phenols is 1. The van der Waals surface area contributed by atoms with Crippen molar-refractivity contribution in [3.05, 3.63) is 54.1 Å². The molecular formula is C16H17NO4. The van der Waals surface area contributed by atoms with E-state index in [4.69, 9.17) is 9.47 Å². The molecule has 5 nitrogen and oxygen atoms in total. The summed E-state index contributed by atoms with van der Waals surface area (Å²) < 4.78 is 10.3. The van der Waals surface area contributed by atoms with E-state index in [1.165, 1.54) is 0 Å². The van der Waals surface area contributed by atoms with Crippen LogP contribution in [0.1, 0.15) is 5.56 Å². The van der Waals surface area contributed by atoms with Crippen LogP contribution in [0.5, 0.6) is 11.5 Å². The highest BCUT2D eigenvalue weighted by Gasteiger charge is 2.05. The number of phenolic OH excluding ortho intramolecular Hbond substituents is 1. The number of methoxy groups -OCH3 is 1. The summed E-state index contributed by atoms with van der Waals surface area (Å²) in [5.41, 5.74) is 1.32. The van der Waals surface area contributed by atoms with Gasteiger partial charge in [-0.2, -0.15) is 0 Å². The maximum absolute atomic E-state index is 11.7. The molecule has 0 saturated heterocycles. The molecule has 2 rings (SSSR count). The van der Waals surface area contributed by atoms with Crippen LogP contribution < -0.4 is 10.1 Å². The number of hydrogen-bond donors (Lipinski definition) is 2. The first-order valence-electron chi connectivity index (χ1n) is 6.47. The highest BCUT2D eigenvalue weighted by molar-refractivity contribution is 5.91. The number of amides is 1. The lowest BCUT2D eigenvalue weighted by Gasteiger charge is -2.08. The third-order valence-electron chi connectivity index (χ3n) is 2.86. The Hall–Kier alpha value is -2.53. The number of rotatable bonds is 6. The summed E-state index contributed by atoms with van der Waals surface area (Å²) in [7, 11) is 1.58. The van der Waals surface area contributed by atoms with Gasteiger partial charge < -0.3 is 19.9 Å². The molecule has 0 spiro atoms. The van der Waals surface area contributed by atoms with E-state index in [1.54, 1.807) is 55.6 Å². The quantitative estimate of drug-likeness (QED) is 0.856. The van der Waals surface area contributed by atoms with Crippen LogP contribution in [-0.2, 0) is 16.1 Å². The molecule has 0 fully saturated rings. The summed E-state index contributed by atoms with van der Waals surface area (Å²) in [6.07, 6.45) is 0. The number of ether oxygens (including phenoxy) is 2. The fourth-order valence-electron chi connectivity index (χ4n) is 1.76. The van der Waals surface area contributed by atoms with Gasteiger partial charge in [0.05, 0.1) is 13.7 Å². The van der Waals surface area contributed by atoms with Crippen molar-refractivity contribution in [3.8, 4) is 11.5 Å². The van der Waals surface area contributed by atoms with Crippen LogP contribution in [0.4, 0.5) is 5.69 Å². The fourth-order valence-corrected chi connectivity index (χ4v) is 1.76. The second-order valence-corrected chi connectivity index (χ2v) is 4.40. The van der Waals surface area contributed by atoms with Crippen molar-refractivity contribution >= 4 is 11.6 Å². The topological polar surface area (TPSA) is 67.8 Å². The van der Waals surface area contributed by atoms with E-state index in [0.29, 0.717) is 11.3 Å². The van der Waals surface area contributed by atoms with Gasteiger partial charge in [-0.15, -0.1) is 0 Å². The summed E-state index contributed by atoms with van der Waals surface area (Å²) in [6.45, 7) is 0.100. The van der Waals surface area contributed by atoms with Gasteiger partial charge in [-0.05, 0) is 30.3 Å². The molecule has 2 N–H and O–H groups in total. The van der Waals surface area contributed by atoms with Crippen LogP contribution in [0.15, 0.2) is 48.5 Å². The lowest BCUT2D eigenvalue weighted by Crippen LogP contribution is -2.18. The summed E-state index contributed by atoms with van der Waals surface area (Å²) in [5.74, 6) is 0.632. The van der Waals surface area contributed by atoms with E-state index in [0.717, 1.165) is 5.75 Å². The first-order valence-corrected chi connectivity index (χ1v) is 6.47. The van der Waals surface area contributed by atoms with Crippen LogP contribution in [0, 0.1) is 0 Å². The van der Waals surface area contributed by atoms with Gasteiger partial charge in [0.2, 0.25) is 5.91 Å². The van der Waals surface area contributed by atoms with Gasteiger partial charge in [-0.1, -0.05) is 18.2 Å². The number of anilines is 1. The molecule has 1 amide bonds. The number of carbonyl (C=O) groups excluding carboxylic acids is 1. The fraction of sp³-hybridized carbons (Fsp3) is 0.188. The van der Waals surface area contributed by atoms with Crippen LogP contribution in [0.3, 0.4) is 0 Å². The van der Waals surface area contributed by atoms with Crippen molar-refractivity contribution < 1.29 is 19.4 Å². The van der Waals surface area contributed by atoms with Crippen molar-refractivity contribution in [2.75, 3.05) is 19.0 Å². The van der Waals surface area contributed by atoms with Crippen molar-refractivity contribution in [1.82, 2.24) is 0 Å². The molecule has 110 valence electrons. The predicted octanol–water partition coefficient (Wildman–Crippen LogP) is 2.56. The Labute approximate surface area is 123 Å². The standard InChI is InChI=1S/C16H17NO4/c1-20-14-8-6-13(7-9-14)17-16(19)11-21-10-12-4-2-3-5-15(12)18/h2-9,18H,10-11H2,1H3,(H,17,19). The van der Waals surface area contributed by atoms with Gasteiger partial charge in [0.25, 0.3) is 0 Å². The maximum Gasteiger partial charge on any atom is 0.250 e. The van der Waals surface area contributed by atoms with E-state index < -0.39 is 0 Å². The van der Waals surface area contributed by atoms with Gasteiger partial charge >= 0.3 is 0 Å². The van der Waals surface area contributed by atoms with E-state index in [9.17, 15) is 9.90 Å². The molecule has 0 aromatic heterocycles. The molecular weight excluding hydrogens is 270 g/mol. The number of hydrogen-bond acceptors (Lipinski definition) is 4. The SMILES string of the molecule is COc1ccc(NC(=O)COCc2ccccc2O)cc1. The zero-order valence-electron chi connectivity index (χ0n) is 11.7. The second kappa shape index (κ2) is 7.31. The van der Waals surface area contributed by atoms with Crippen molar-refractivity contribution in [2.45, 2.75) is 6.61 Å². The third-order valence-corrected chi connectivity index (χ3v) is 2.86. The average Bonchev–Trinajstić information content (AvgIpc) is 2.50. The normalized spacial score (nSPS) is 10.1. The molecule has 5 heteroatoms. The molecule has 21 heavy (non-hydrogen) atoms. The zero-order chi connectivity index (χ0) is 15.1. The first-order chi connectivity index (χ1) is 10.2. The highest BCUT2D eigenvalue weighted by atomic mass is 16.5. The smallest absolute Gasteiger partial charge is 0.250 e. The minimum atomic E-state index is -0.254. The molecule has 0 heterocycles. The first kappa shape index (κ1) is 14.9. The van der Waals surface area contributed by atoms with E-state index in [2.05, 4.69) is 5.32 Å². The summed E-state index contributed by atoms with van der Waals surface area (Å²) in [5, 5.41) is 12.3. The maximum atomic E-state index is 11.7. The zero-order valence-corrected chi connectivity index (χ0v) is 11.7. The average molecular weight is 287 g/mol. The number of benzene rings is 2. The van der Waals surface area contributed by atoms with Crippen molar-refractivity contribution in [2.24, 2.45) is 0 Å². The van der Waals surface area contributed by atoms with E-state index in [-0.39, 0.29) is 24.9 Å². The lowest BCUT2D eigenvalue weighted by molar-refractivity contribution is -0.121. The van der Waals surface area contributed by atoms with Crippen molar-refractivity contribution in [3.63, 3.8) is 0 Å². The van der Waals surface area contributed by atoms with Gasteiger partial charge in [-0.3, -0.25) is 4.79 Å². The number of para-hydroxylation sites is 1. The monoisotopic (exact) mass is 287 g/mol. The van der Waals surface area contributed by atoms with Gasteiger partial charge in [0.1, 0.15) is 18.1 Å². The third kappa shape index (κ3) is 4.50. The minimum Gasteiger partial charge on any atom is -0.508 e. The Morgan fingerprint density at radius 3 is 2.52 bits per heavy atom. The molecule has 2 aromatic carbocycles. The number of carbonyl (C=O) groups is 1. The van der Waals surface area contributed by atoms with Crippen LogP contribution in [-0.4, -0.2) is 24.7 Å². The molecule has 0 unspecified atom stereocenters. The Morgan fingerprint density at radius 2 is 1.86 bits per heavy atom. The van der Waals surface area contributed by atoms with Crippen LogP contribution in [0.2, 0.25) is 0 Å².